The third-order valence-corrected chi connectivity index (χ3v) is 3.10. The van der Waals surface area contributed by atoms with Crippen molar-refractivity contribution in [3.8, 4) is 0 Å². The van der Waals surface area contributed by atoms with Crippen molar-refractivity contribution in [2.24, 2.45) is 0 Å². The molecule has 0 aliphatic heterocycles. The normalized spacial score (nSPS) is 12.1. The van der Waals surface area contributed by atoms with Crippen LogP contribution in [0.3, 0.4) is 0 Å². The van der Waals surface area contributed by atoms with E-state index in [0.29, 0.717) is 0 Å². The van der Waals surface area contributed by atoms with Crippen molar-refractivity contribution in [2.45, 2.75) is 19.5 Å². The summed E-state index contributed by atoms with van der Waals surface area (Å²) in [6.07, 6.45) is 5.53. The maximum absolute atomic E-state index is 6.18. The zero-order valence-corrected chi connectivity index (χ0v) is 11.1. The van der Waals surface area contributed by atoms with E-state index in [-0.39, 0.29) is 6.04 Å². The summed E-state index contributed by atoms with van der Waals surface area (Å²) in [5.74, 6) is 0.822. The number of benzene rings is 1. The van der Waals surface area contributed by atoms with Gasteiger partial charge in [0.1, 0.15) is 0 Å². The first-order chi connectivity index (χ1) is 8.72. The third kappa shape index (κ3) is 2.74. The Kier molecular flexibility index (Phi) is 4.05. The molecule has 2 rings (SSSR count). The Bertz CT molecular complexity index is 533. The Labute approximate surface area is 112 Å². The molecular weight excluding hydrogens is 246 g/mol. The molecule has 1 heterocycles. The molecule has 0 fully saturated rings. The Morgan fingerprint density at radius 2 is 2.28 bits per heavy atom. The molecule has 94 valence electrons. The van der Waals surface area contributed by atoms with Crippen molar-refractivity contribution in [2.75, 3.05) is 5.32 Å². The van der Waals surface area contributed by atoms with E-state index >= 15 is 0 Å². The van der Waals surface area contributed by atoms with Gasteiger partial charge in [0.25, 0.3) is 0 Å². The van der Waals surface area contributed by atoms with Crippen molar-refractivity contribution in [1.82, 2.24) is 9.55 Å². The lowest BCUT2D eigenvalue weighted by molar-refractivity contribution is 0.784. The molecule has 1 aromatic carbocycles. The lowest BCUT2D eigenvalue weighted by Crippen LogP contribution is -2.11. The zero-order valence-electron chi connectivity index (χ0n) is 10.3. The molecule has 0 aliphatic carbocycles. The predicted molar refractivity (Wildman–Crippen MR) is 75.9 cm³/mol. The molecule has 4 heteroatoms. The van der Waals surface area contributed by atoms with Crippen LogP contribution in [-0.4, -0.2) is 9.55 Å². The van der Waals surface area contributed by atoms with E-state index in [1.165, 1.54) is 0 Å². The standard InChI is InChI=1S/C14H16ClN3/c1-3-9-18-10-8-16-14(18)17-11(2)12-6-4-5-7-13(12)15/h3-8,10-11H,1,9H2,2H3,(H,16,17). The van der Waals surface area contributed by atoms with E-state index in [4.69, 9.17) is 11.6 Å². The monoisotopic (exact) mass is 261 g/mol. The van der Waals surface area contributed by atoms with Gasteiger partial charge in [0, 0.05) is 24.0 Å². The van der Waals surface area contributed by atoms with Gasteiger partial charge in [-0.3, -0.25) is 0 Å². The van der Waals surface area contributed by atoms with Gasteiger partial charge in [0.05, 0.1) is 6.04 Å². The number of nitrogens with one attached hydrogen (secondary N) is 1. The van der Waals surface area contributed by atoms with Crippen LogP contribution in [0, 0.1) is 0 Å². The molecule has 1 atom stereocenters. The van der Waals surface area contributed by atoms with E-state index in [1.807, 2.05) is 41.1 Å². The first-order valence-corrected chi connectivity index (χ1v) is 6.23. The minimum Gasteiger partial charge on any atom is -0.349 e. The molecule has 1 N–H and O–H groups in total. The lowest BCUT2D eigenvalue weighted by atomic mass is 10.1. The summed E-state index contributed by atoms with van der Waals surface area (Å²) >= 11 is 6.18. The SMILES string of the molecule is C=CCn1ccnc1NC(C)c1ccccc1Cl. The van der Waals surface area contributed by atoms with Gasteiger partial charge in [0.15, 0.2) is 0 Å². The Hall–Kier alpha value is -1.74. The van der Waals surface area contributed by atoms with Gasteiger partial charge in [-0.15, -0.1) is 6.58 Å². The number of hydrogen-bond donors (Lipinski definition) is 1. The Morgan fingerprint density at radius 1 is 1.50 bits per heavy atom. The summed E-state index contributed by atoms with van der Waals surface area (Å²) in [7, 11) is 0. The average molecular weight is 262 g/mol. The first kappa shape index (κ1) is 12.7. The molecule has 0 saturated carbocycles. The molecule has 18 heavy (non-hydrogen) atoms. The molecule has 3 nitrogen and oxygen atoms in total. The molecule has 0 radical (unpaired) electrons. The van der Waals surface area contributed by atoms with Gasteiger partial charge in [-0.25, -0.2) is 4.98 Å². The molecule has 0 spiro atoms. The van der Waals surface area contributed by atoms with Crippen LogP contribution in [0.2, 0.25) is 5.02 Å². The van der Waals surface area contributed by atoms with E-state index in [9.17, 15) is 0 Å². The smallest absolute Gasteiger partial charge is 0.203 e. The van der Waals surface area contributed by atoms with Crippen molar-refractivity contribution >= 4 is 17.5 Å². The summed E-state index contributed by atoms with van der Waals surface area (Å²) in [5, 5.41) is 4.12. The fourth-order valence-electron chi connectivity index (χ4n) is 1.83. The number of imidazole rings is 1. The van der Waals surface area contributed by atoms with E-state index < -0.39 is 0 Å². The topological polar surface area (TPSA) is 29.9 Å². The summed E-state index contributed by atoms with van der Waals surface area (Å²) in [6, 6.07) is 7.92. The van der Waals surface area contributed by atoms with Crippen LogP contribution in [0.15, 0.2) is 49.3 Å². The number of hydrogen-bond acceptors (Lipinski definition) is 2. The number of rotatable bonds is 5. The van der Waals surface area contributed by atoms with Gasteiger partial charge in [-0.05, 0) is 18.6 Å². The van der Waals surface area contributed by atoms with Crippen molar-refractivity contribution in [1.29, 1.82) is 0 Å². The van der Waals surface area contributed by atoms with Gasteiger partial charge in [-0.2, -0.15) is 0 Å². The highest BCUT2D eigenvalue weighted by Gasteiger charge is 2.11. The molecule has 0 amide bonds. The van der Waals surface area contributed by atoms with Crippen LogP contribution in [0.1, 0.15) is 18.5 Å². The van der Waals surface area contributed by atoms with Crippen LogP contribution in [-0.2, 0) is 6.54 Å². The number of aromatic nitrogens is 2. The van der Waals surface area contributed by atoms with Crippen molar-refractivity contribution in [3.05, 3.63) is 59.9 Å². The minimum absolute atomic E-state index is 0.102. The van der Waals surface area contributed by atoms with Gasteiger partial charge < -0.3 is 9.88 Å². The molecule has 0 bridgehead atoms. The van der Waals surface area contributed by atoms with Gasteiger partial charge >= 0.3 is 0 Å². The lowest BCUT2D eigenvalue weighted by Gasteiger charge is -2.17. The number of nitrogens with zero attached hydrogens (tertiary/aromatic N) is 2. The maximum atomic E-state index is 6.18. The molecule has 0 aliphatic rings. The Morgan fingerprint density at radius 3 is 3.00 bits per heavy atom. The van der Waals surface area contributed by atoms with Gasteiger partial charge in [0.2, 0.25) is 5.95 Å². The van der Waals surface area contributed by atoms with Crippen LogP contribution >= 0.6 is 11.6 Å². The zero-order chi connectivity index (χ0) is 13.0. The maximum Gasteiger partial charge on any atom is 0.203 e. The fraction of sp³-hybridized carbons (Fsp3) is 0.214. The predicted octanol–water partition coefficient (Wildman–Crippen LogP) is 3.90. The summed E-state index contributed by atoms with van der Waals surface area (Å²) in [6.45, 7) is 6.53. The minimum atomic E-state index is 0.102. The van der Waals surface area contributed by atoms with Crippen LogP contribution < -0.4 is 5.32 Å². The van der Waals surface area contributed by atoms with E-state index in [1.54, 1.807) is 6.20 Å². The molecule has 2 aromatic rings. The quantitative estimate of drug-likeness (QED) is 0.828. The fourth-order valence-corrected chi connectivity index (χ4v) is 2.13. The highest BCUT2D eigenvalue weighted by atomic mass is 35.5. The van der Waals surface area contributed by atoms with Crippen LogP contribution in [0.25, 0.3) is 0 Å². The second kappa shape index (κ2) is 5.74. The Balaban J connectivity index is 2.16. The third-order valence-electron chi connectivity index (χ3n) is 2.76. The average Bonchev–Trinajstić information content (AvgIpc) is 2.78. The molecule has 0 saturated heterocycles. The molecule has 1 unspecified atom stereocenters. The van der Waals surface area contributed by atoms with Crippen molar-refractivity contribution in [3.63, 3.8) is 0 Å². The van der Waals surface area contributed by atoms with Gasteiger partial charge in [-0.1, -0.05) is 35.9 Å². The second-order valence-electron chi connectivity index (χ2n) is 4.08. The second-order valence-corrected chi connectivity index (χ2v) is 4.49. The largest absolute Gasteiger partial charge is 0.349 e. The number of anilines is 1. The van der Waals surface area contributed by atoms with E-state index in [2.05, 4.69) is 23.8 Å². The highest BCUT2D eigenvalue weighted by molar-refractivity contribution is 6.31. The first-order valence-electron chi connectivity index (χ1n) is 5.85. The number of halogens is 1. The van der Waals surface area contributed by atoms with E-state index in [0.717, 1.165) is 23.1 Å². The van der Waals surface area contributed by atoms with Crippen LogP contribution in [0.4, 0.5) is 5.95 Å². The molecular formula is C14H16ClN3. The van der Waals surface area contributed by atoms with Crippen molar-refractivity contribution < 1.29 is 0 Å². The van der Waals surface area contributed by atoms with Crippen LogP contribution in [0.5, 0.6) is 0 Å². The highest BCUT2D eigenvalue weighted by Crippen LogP contribution is 2.24. The summed E-state index contributed by atoms with van der Waals surface area (Å²) < 4.78 is 2.00. The molecule has 1 aromatic heterocycles. The summed E-state index contributed by atoms with van der Waals surface area (Å²) in [4.78, 5) is 4.29. The number of allylic oxidation sites excluding steroid dienone is 1. The summed E-state index contributed by atoms with van der Waals surface area (Å²) in [5.41, 5.74) is 1.06.